The van der Waals surface area contributed by atoms with Crippen LogP contribution in [0.15, 0.2) is 18.3 Å². The molecule has 7 nitrogen and oxygen atoms in total. The van der Waals surface area contributed by atoms with E-state index >= 15 is 0 Å². The number of nitriles is 1. The van der Waals surface area contributed by atoms with Crippen molar-refractivity contribution in [3.63, 3.8) is 0 Å². The van der Waals surface area contributed by atoms with Crippen molar-refractivity contribution < 1.29 is 9.68 Å². The van der Waals surface area contributed by atoms with Crippen LogP contribution in [-0.4, -0.2) is 28.2 Å². The number of rotatable bonds is 4. The van der Waals surface area contributed by atoms with Crippen LogP contribution in [-0.2, 0) is 11.3 Å². The molecule has 0 spiro atoms. The number of halogens is 2. The lowest BCUT2D eigenvalue weighted by Gasteiger charge is -2.28. The van der Waals surface area contributed by atoms with Crippen LogP contribution in [0.1, 0.15) is 31.2 Å². The van der Waals surface area contributed by atoms with Crippen LogP contribution in [0.4, 0.5) is 17.5 Å². The maximum atomic E-state index is 9.81. The molecule has 1 fully saturated rings. The molecule has 2 heterocycles. The van der Waals surface area contributed by atoms with Gasteiger partial charge in [-0.25, -0.2) is 4.98 Å². The van der Waals surface area contributed by atoms with E-state index in [-0.39, 0.29) is 18.6 Å². The Morgan fingerprint density at radius 2 is 2.07 bits per heavy atom. The second kappa shape index (κ2) is 8.14. The molecule has 2 atom stereocenters. The third-order valence-electron chi connectivity index (χ3n) is 5.11. The van der Waals surface area contributed by atoms with Crippen LogP contribution in [0.25, 0.3) is 0 Å². The molecular weight excluding hydrogens is 400 g/mol. The lowest BCUT2D eigenvalue weighted by atomic mass is 9.79. The quantitative estimate of drug-likeness (QED) is 0.656. The fourth-order valence-corrected chi connectivity index (χ4v) is 4.16. The van der Waals surface area contributed by atoms with Crippen LogP contribution < -0.4 is 16.1 Å². The van der Waals surface area contributed by atoms with Crippen molar-refractivity contribution in [3.8, 4) is 6.07 Å². The van der Waals surface area contributed by atoms with Crippen molar-refractivity contribution in [2.45, 2.75) is 38.3 Å². The van der Waals surface area contributed by atoms with Gasteiger partial charge in [0.2, 0.25) is 5.95 Å². The predicted octanol–water partition coefficient (Wildman–Crippen LogP) is 3.24. The summed E-state index contributed by atoms with van der Waals surface area (Å²) < 4.78 is 5.21. The van der Waals surface area contributed by atoms with Gasteiger partial charge in [-0.05, 0) is 30.5 Å². The minimum atomic E-state index is -0.997. The van der Waals surface area contributed by atoms with Crippen LogP contribution in [0.2, 0.25) is 10.0 Å². The topological polar surface area (TPSA) is 103 Å². The van der Waals surface area contributed by atoms with Gasteiger partial charge >= 0.3 is 7.12 Å². The molecular formula is C18H18BCl2N5O2. The number of anilines is 3. The largest absolute Gasteiger partial charge is 0.493 e. The van der Waals surface area contributed by atoms with E-state index < -0.39 is 7.12 Å². The molecule has 2 aliphatic rings. The fourth-order valence-electron chi connectivity index (χ4n) is 3.69. The van der Waals surface area contributed by atoms with Gasteiger partial charge in [0.25, 0.3) is 0 Å². The number of nitrogens with one attached hydrogen (secondary N) is 2. The monoisotopic (exact) mass is 417 g/mol. The summed E-state index contributed by atoms with van der Waals surface area (Å²) in [5.41, 5.74) is 2.09. The van der Waals surface area contributed by atoms with Crippen LogP contribution in [0.5, 0.6) is 0 Å². The van der Waals surface area contributed by atoms with Gasteiger partial charge in [0.05, 0.1) is 24.8 Å². The minimum absolute atomic E-state index is 0.0204. The van der Waals surface area contributed by atoms with Crippen molar-refractivity contribution in [2.24, 2.45) is 5.92 Å². The second-order valence-corrected chi connectivity index (χ2v) is 7.79. The molecule has 0 bridgehead atoms. The van der Waals surface area contributed by atoms with Crippen LogP contribution >= 0.6 is 23.2 Å². The zero-order valence-corrected chi connectivity index (χ0v) is 16.5. The third-order valence-corrected chi connectivity index (χ3v) is 5.70. The predicted molar refractivity (Wildman–Crippen MR) is 109 cm³/mol. The Balaban J connectivity index is 1.55. The van der Waals surface area contributed by atoms with Gasteiger partial charge in [-0.1, -0.05) is 36.0 Å². The zero-order valence-electron chi connectivity index (χ0n) is 15.0. The maximum Gasteiger partial charge on any atom is 0.493 e. The Morgan fingerprint density at radius 3 is 2.89 bits per heavy atom. The van der Waals surface area contributed by atoms with Gasteiger partial charge in [-0.3, -0.25) is 0 Å². The smallest absolute Gasteiger partial charge is 0.423 e. The van der Waals surface area contributed by atoms with E-state index in [0.29, 0.717) is 33.0 Å². The van der Waals surface area contributed by atoms with Crippen molar-refractivity contribution in [1.29, 1.82) is 5.26 Å². The van der Waals surface area contributed by atoms with E-state index in [0.717, 1.165) is 31.2 Å². The summed E-state index contributed by atoms with van der Waals surface area (Å²) in [5.74, 6) is 0.794. The van der Waals surface area contributed by atoms with Crippen LogP contribution in [0.3, 0.4) is 0 Å². The fraction of sp³-hybridized carbons (Fsp3) is 0.389. The van der Waals surface area contributed by atoms with Gasteiger partial charge in [0.1, 0.15) is 5.02 Å². The normalized spacial score (nSPS) is 21.1. The minimum Gasteiger partial charge on any atom is -0.423 e. The van der Waals surface area contributed by atoms with E-state index in [2.05, 4.69) is 26.7 Å². The molecule has 1 saturated carbocycles. The number of hydrogen-bond donors (Lipinski definition) is 3. The van der Waals surface area contributed by atoms with Crippen molar-refractivity contribution in [1.82, 2.24) is 9.97 Å². The molecule has 1 aromatic heterocycles. The van der Waals surface area contributed by atoms with Crippen molar-refractivity contribution >= 4 is 53.2 Å². The van der Waals surface area contributed by atoms with Gasteiger partial charge < -0.3 is 20.3 Å². The number of benzene rings is 1. The highest BCUT2D eigenvalue weighted by molar-refractivity contribution is 6.65. The highest BCUT2D eigenvalue weighted by Gasteiger charge is 2.30. The Kier molecular flexibility index (Phi) is 5.60. The molecule has 1 aliphatic carbocycles. The Bertz CT molecular complexity index is 939. The molecule has 0 unspecified atom stereocenters. The highest BCUT2D eigenvalue weighted by Crippen LogP contribution is 2.30. The highest BCUT2D eigenvalue weighted by atomic mass is 35.5. The van der Waals surface area contributed by atoms with Gasteiger partial charge in [0.15, 0.2) is 5.82 Å². The Morgan fingerprint density at radius 1 is 1.25 bits per heavy atom. The average molecular weight is 418 g/mol. The van der Waals surface area contributed by atoms with E-state index in [1.807, 2.05) is 6.07 Å². The first-order valence-electron chi connectivity index (χ1n) is 9.13. The summed E-state index contributed by atoms with van der Waals surface area (Å²) in [5, 5.41) is 26.4. The van der Waals surface area contributed by atoms with E-state index in [1.165, 1.54) is 6.20 Å². The zero-order chi connectivity index (χ0) is 19.7. The summed E-state index contributed by atoms with van der Waals surface area (Å²) in [6.45, 7) is 0.289. The van der Waals surface area contributed by atoms with Crippen molar-refractivity contribution in [3.05, 3.63) is 33.9 Å². The summed E-state index contributed by atoms with van der Waals surface area (Å²) in [6.07, 6.45) is 5.45. The van der Waals surface area contributed by atoms with E-state index in [9.17, 15) is 10.3 Å². The molecule has 144 valence electrons. The van der Waals surface area contributed by atoms with E-state index in [1.54, 1.807) is 6.07 Å². The van der Waals surface area contributed by atoms with E-state index in [4.69, 9.17) is 27.9 Å². The number of hydrogen-bond acceptors (Lipinski definition) is 7. The third kappa shape index (κ3) is 3.89. The molecule has 0 radical (unpaired) electrons. The summed E-state index contributed by atoms with van der Waals surface area (Å²) in [7, 11) is -0.997. The van der Waals surface area contributed by atoms with Crippen molar-refractivity contribution in [2.75, 3.05) is 10.6 Å². The summed E-state index contributed by atoms with van der Waals surface area (Å²) >= 11 is 12.5. The molecule has 1 aromatic carbocycles. The average Bonchev–Trinajstić information content (AvgIpc) is 3.06. The van der Waals surface area contributed by atoms with Gasteiger partial charge in [0, 0.05) is 22.2 Å². The molecule has 4 rings (SSSR count). The SMILES string of the molecule is N#C[C@@H]1CCCC[C@H]1Nc1nc(Nc2cc(Cl)c3c(c2)COB3O)ncc1Cl. The molecule has 3 N–H and O–H groups in total. The summed E-state index contributed by atoms with van der Waals surface area (Å²) in [4.78, 5) is 8.69. The molecule has 0 saturated heterocycles. The number of nitrogens with zero attached hydrogens (tertiary/aromatic N) is 3. The Labute approximate surface area is 173 Å². The lowest BCUT2D eigenvalue weighted by Crippen LogP contribution is -2.31. The lowest BCUT2D eigenvalue weighted by molar-refractivity contribution is 0.275. The standard InChI is InChI=1S/C18H18BCl2N5O2/c20-13-6-12(5-11-9-28-19(27)16(11)13)24-18-23-8-14(21)17(26-18)25-15-4-2-1-3-10(15)7-22/h5-6,8,10,15,27H,1-4,9H2,(H2,23,24,25,26)/t10-,15+/m0/s1. The summed E-state index contributed by atoms with van der Waals surface area (Å²) in [6, 6.07) is 5.92. The first kappa shape index (κ1) is 19.3. The number of aromatic nitrogens is 2. The maximum absolute atomic E-state index is 9.81. The second-order valence-electron chi connectivity index (χ2n) is 6.98. The molecule has 2 aromatic rings. The van der Waals surface area contributed by atoms with Crippen LogP contribution in [0, 0.1) is 17.2 Å². The molecule has 10 heteroatoms. The first-order valence-corrected chi connectivity index (χ1v) is 9.88. The molecule has 28 heavy (non-hydrogen) atoms. The number of fused-ring (bicyclic) bond motifs is 1. The van der Waals surface area contributed by atoms with Gasteiger partial charge in [-0.2, -0.15) is 10.2 Å². The Hall–Kier alpha value is -2.05. The first-order chi connectivity index (χ1) is 13.5. The molecule has 1 aliphatic heterocycles. The molecule has 0 amide bonds. The van der Waals surface area contributed by atoms with Gasteiger partial charge in [-0.15, -0.1) is 0 Å².